The molecule has 15 heavy (non-hydrogen) atoms. The Morgan fingerprint density at radius 2 is 2.13 bits per heavy atom. The zero-order chi connectivity index (χ0) is 10.4. The van der Waals surface area contributed by atoms with E-state index in [1.165, 1.54) is 12.1 Å². The maximum atomic E-state index is 13.1. The maximum Gasteiger partial charge on any atom is 0.145 e. The van der Waals surface area contributed by atoms with E-state index in [0.717, 1.165) is 21.0 Å². The van der Waals surface area contributed by atoms with Crippen molar-refractivity contribution in [1.82, 2.24) is 9.38 Å². The van der Waals surface area contributed by atoms with Gasteiger partial charge in [-0.15, -0.1) is 0 Å². The highest BCUT2D eigenvalue weighted by molar-refractivity contribution is 9.10. The van der Waals surface area contributed by atoms with Gasteiger partial charge in [0.05, 0.1) is 6.20 Å². The van der Waals surface area contributed by atoms with Crippen LogP contribution in [0.4, 0.5) is 4.39 Å². The van der Waals surface area contributed by atoms with E-state index in [1.54, 1.807) is 12.3 Å². The van der Waals surface area contributed by atoms with Crippen molar-refractivity contribution in [1.29, 1.82) is 0 Å². The Hall–Kier alpha value is -1.42. The number of benzene rings is 1. The largest absolute Gasteiger partial charge is 0.294 e. The highest BCUT2D eigenvalue weighted by Gasteiger charge is 2.05. The molecule has 0 spiro atoms. The van der Waals surface area contributed by atoms with Crippen molar-refractivity contribution >= 4 is 32.3 Å². The Balaban J connectivity index is 2.57. The Labute approximate surface area is 93.5 Å². The zero-order valence-corrected chi connectivity index (χ0v) is 9.20. The molecule has 0 aliphatic carbocycles. The number of imidazole rings is 1. The highest BCUT2D eigenvalue weighted by Crippen LogP contribution is 2.22. The molecule has 0 aliphatic rings. The third-order valence-electron chi connectivity index (χ3n) is 2.41. The number of halogens is 2. The molecule has 0 amide bonds. The van der Waals surface area contributed by atoms with E-state index in [0.29, 0.717) is 0 Å². The molecule has 4 heteroatoms. The minimum absolute atomic E-state index is 0.241. The predicted octanol–water partition coefficient (Wildman–Crippen LogP) is 3.39. The van der Waals surface area contributed by atoms with E-state index in [1.807, 2.05) is 16.7 Å². The monoisotopic (exact) mass is 264 g/mol. The van der Waals surface area contributed by atoms with Gasteiger partial charge in [-0.3, -0.25) is 4.40 Å². The number of aromatic nitrogens is 2. The van der Waals surface area contributed by atoms with Gasteiger partial charge in [-0.2, -0.15) is 0 Å². The predicted molar refractivity (Wildman–Crippen MR) is 60.4 cm³/mol. The molecule has 0 bridgehead atoms. The first kappa shape index (κ1) is 8.85. The lowest BCUT2D eigenvalue weighted by molar-refractivity contribution is 0.630. The van der Waals surface area contributed by atoms with Crippen LogP contribution in [0, 0.1) is 5.82 Å². The van der Waals surface area contributed by atoms with Gasteiger partial charge in [-0.05, 0) is 39.5 Å². The third-order valence-corrected chi connectivity index (χ3v) is 3.00. The molecule has 2 heterocycles. The fourth-order valence-electron chi connectivity index (χ4n) is 1.70. The van der Waals surface area contributed by atoms with E-state index in [2.05, 4.69) is 20.9 Å². The number of nitrogens with zero attached hydrogens (tertiary/aromatic N) is 2. The average molecular weight is 265 g/mol. The Bertz CT molecular complexity index is 660. The van der Waals surface area contributed by atoms with Crippen molar-refractivity contribution in [2.24, 2.45) is 0 Å². The number of hydrogen-bond acceptors (Lipinski definition) is 1. The summed E-state index contributed by atoms with van der Waals surface area (Å²) < 4.78 is 15.9. The van der Waals surface area contributed by atoms with Crippen LogP contribution < -0.4 is 0 Å². The van der Waals surface area contributed by atoms with Gasteiger partial charge in [-0.25, -0.2) is 9.37 Å². The second kappa shape index (κ2) is 3.03. The molecule has 0 atom stereocenters. The van der Waals surface area contributed by atoms with Crippen LogP contribution in [0.25, 0.3) is 16.4 Å². The molecule has 0 radical (unpaired) electrons. The topological polar surface area (TPSA) is 17.3 Å². The Morgan fingerprint density at radius 1 is 1.27 bits per heavy atom. The standard InChI is InChI=1S/C11H6BrFN2/c12-10-6-14-11-9-5-8(13)2-1-7(9)3-4-15(10)11/h1-6H. The van der Waals surface area contributed by atoms with Crippen LogP contribution in [0.1, 0.15) is 0 Å². The summed E-state index contributed by atoms with van der Waals surface area (Å²) in [6, 6.07) is 6.66. The summed E-state index contributed by atoms with van der Waals surface area (Å²) in [4.78, 5) is 4.24. The van der Waals surface area contributed by atoms with Crippen LogP contribution in [0.2, 0.25) is 0 Å². The van der Waals surface area contributed by atoms with Crippen LogP contribution in [-0.2, 0) is 0 Å². The minimum atomic E-state index is -0.241. The lowest BCUT2D eigenvalue weighted by Crippen LogP contribution is -1.86. The molecule has 1 aromatic carbocycles. The molecule has 0 aliphatic heterocycles. The molecule has 0 saturated heterocycles. The van der Waals surface area contributed by atoms with Crippen LogP contribution in [0.3, 0.4) is 0 Å². The summed E-state index contributed by atoms with van der Waals surface area (Å²) in [5.41, 5.74) is 0.763. The van der Waals surface area contributed by atoms with Gasteiger partial charge in [0.15, 0.2) is 0 Å². The van der Waals surface area contributed by atoms with Crippen molar-refractivity contribution in [3.63, 3.8) is 0 Å². The van der Waals surface area contributed by atoms with Crippen molar-refractivity contribution < 1.29 is 4.39 Å². The first-order valence-electron chi connectivity index (χ1n) is 4.46. The molecule has 3 aromatic rings. The summed E-state index contributed by atoms with van der Waals surface area (Å²) in [5.74, 6) is -0.241. The van der Waals surface area contributed by atoms with Gasteiger partial charge in [0.25, 0.3) is 0 Å². The van der Waals surface area contributed by atoms with Crippen molar-refractivity contribution in [2.45, 2.75) is 0 Å². The molecule has 74 valence electrons. The lowest BCUT2D eigenvalue weighted by Gasteiger charge is -2.01. The first-order chi connectivity index (χ1) is 7.25. The fourth-order valence-corrected chi connectivity index (χ4v) is 2.09. The fraction of sp³-hybridized carbons (Fsp3) is 0. The van der Waals surface area contributed by atoms with Crippen LogP contribution in [0.15, 0.2) is 41.3 Å². The van der Waals surface area contributed by atoms with E-state index < -0.39 is 0 Å². The van der Waals surface area contributed by atoms with Crippen molar-refractivity contribution in [3.05, 3.63) is 47.1 Å². The van der Waals surface area contributed by atoms with Crippen LogP contribution in [-0.4, -0.2) is 9.38 Å². The summed E-state index contributed by atoms with van der Waals surface area (Å²) in [6.45, 7) is 0. The highest BCUT2D eigenvalue weighted by atomic mass is 79.9. The number of fused-ring (bicyclic) bond motifs is 3. The SMILES string of the molecule is Fc1ccc2ccn3c(Br)cnc3c2c1. The minimum Gasteiger partial charge on any atom is -0.294 e. The molecular weight excluding hydrogens is 259 g/mol. The van der Waals surface area contributed by atoms with Gasteiger partial charge >= 0.3 is 0 Å². The number of pyridine rings is 1. The molecule has 2 aromatic heterocycles. The van der Waals surface area contributed by atoms with Gasteiger partial charge in [0.2, 0.25) is 0 Å². The van der Waals surface area contributed by atoms with Crippen molar-refractivity contribution in [2.75, 3.05) is 0 Å². The summed E-state index contributed by atoms with van der Waals surface area (Å²) in [5, 5.41) is 1.81. The van der Waals surface area contributed by atoms with Crippen molar-refractivity contribution in [3.8, 4) is 0 Å². The molecule has 0 saturated carbocycles. The van der Waals surface area contributed by atoms with Gasteiger partial charge < -0.3 is 0 Å². The number of rotatable bonds is 0. The second-order valence-electron chi connectivity index (χ2n) is 3.32. The molecule has 3 rings (SSSR count). The van der Waals surface area contributed by atoms with E-state index in [9.17, 15) is 4.39 Å². The smallest absolute Gasteiger partial charge is 0.145 e. The molecule has 2 nitrogen and oxygen atoms in total. The summed E-state index contributed by atoms with van der Waals surface area (Å²) in [6.07, 6.45) is 3.62. The molecule has 0 fully saturated rings. The van der Waals surface area contributed by atoms with Gasteiger partial charge in [0.1, 0.15) is 16.1 Å². The van der Waals surface area contributed by atoms with E-state index in [4.69, 9.17) is 0 Å². The number of hydrogen-bond donors (Lipinski definition) is 0. The third kappa shape index (κ3) is 1.25. The quantitative estimate of drug-likeness (QED) is 0.609. The van der Waals surface area contributed by atoms with E-state index in [-0.39, 0.29) is 5.82 Å². The molecular formula is C11H6BrFN2. The van der Waals surface area contributed by atoms with Gasteiger partial charge in [-0.1, -0.05) is 6.07 Å². The lowest BCUT2D eigenvalue weighted by atomic mass is 10.2. The van der Waals surface area contributed by atoms with E-state index >= 15 is 0 Å². The normalized spacial score (nSPS) is 11.3. The zero-order valence-electron chi connectivity index (χ0n) is 7.61. The van der Waals surface area contributed by atoms with Crippen LogP contribution >= 0.6 is 15.9 Å². The molecule has 0 N–H and O–H groups in total. The first-order valence-corrected chi connectivity index (χ1v) is 5.26. The summed E-state index contributed by atoms with van der Waals surface area (Å²) >= 11 is 3.38. The van der Waals surface area contributed by atoms with Crippen LogP contribution in [0.5, 0.6) is 0 Å². The maximum absolute atomic E-state index is 13.1. The van der Waals surface area contributed by atoms with Gasteiger partial charge in [0, 0.05) is 11.6 Å². The molecule has 0 unspecified atom stereocenters. The Morgan fingerprint density at radius 3 is 3.00 bits per heavy atom. The second-order valence-corrected chi connectivity index (χ2v) is 4.13. The average Bonchev–Trinajstić information content (AvgIpc) is 2.61. The summed E-state index contributed by atoms with van der Waals surface area (Å²) in [7, 11) is 0. The Kier molecular flexibility index (Phi) is 1.79.